The number of carbonyl (C=O) groups excluding carboxylic acids is 2. The van der Waals surface area contributed by atoms with Crippen LogP contribution in [-0.2, 0) is 9.59 Å². The number of hydrogen-bond donors (Lipinski definition) is 2. The lowest BCUT2D eigenvalue weighted by Gasteiger charge is -2.17. The van der Waals surface area contributed by atoms with Crippen LogP contribution >= 0.6 is 0 Å². The topological polar surface area (TPSA) is 67.4 Å². The molecule has 2 amide bonds. The maximum Gasteiger partial charge on any atom is 0.279 e. The average Bonchev–Trinajstić information content (AvgIpc) is 2.63. The van der Waals surface area contributed by atoms with Gasteiger partial charge in [-0.3, -0.25) is 20.4 Å². The molecular weight excluding hydrogens is 328 g/mol. The number of carbonyl (C=O) groups is 2. The maximum atomic E-state index is 12.1. The van der Waals surface area contributed by atoms with E-state index in [0.717, 1.165) is 22.3 Å². The van der Waals surface area contributed by atoms with Crippen molar-refractivity contribution < 1.29 is 14.3 Å². The lowest BCUT2D eigenvalue weighted by atomic mass is 10.1. The van der Waals surface area contributed by atoms with Gasteiger partial charge in [-0.05, 0) is 56.5 Å². The Hall–Kier alpha value is -3.08. The molecule has 0 aromatic heterocycles. The summed E-state index contributed by atoms with van der Waals surface area (Å²) in [6.45, 7) is 7.54. The Morgan fingerprint density at radius 1 is 1.00 bits per heavy atom. The fraction of sp³-hybridized carbons (Fsp3) is 0.238. The number of aryl methyl sites for hydroxylation is 2. The van der Waals surface area contributed by atoms with Crippen molar-refractivity contribution >= 4 is 17.9 Å². The van der Waals surface area contributed by atoms with Gasteiger partial charge in [0.15, 0.2) is 6.10 Å². The van der Waals surface area contributed by atoms with Crippen LogP contribution in [0.1, 0.15) is 29.2 Å². The van der Waals surface area contributed by atoms with Crippen LogP contribution < -0.4 is 15.6 Å². The Balaban J connectivity index is 1.84. The molecule has 5 nitrogen and oxygen atoms in total. The molecule has 136 valence electrons. The van der Waals surface area contributed by atoms with E-state index >= 15 is 0 Å². The van der Waals surface area contributed by atoms with Crippen molar-refractivity contribution in [2.24, 2.45) is 0 Å². The summed E-state index contributed by atoms with van der Waals surface area (Å²) >= 11 is 0. The third-order valence-corrected chi connectivity index (χ3v) is 4.04. The van der Waals surface area contributed by atoms with Gasteiger partial charge in [-0.1, -0.05) is 42.0 Å². The molecule has 2 N–H and O–H groups in total. The van der Waals surface area contributed by atoms with Gasteiger partial charge >= 0.3 is 0 Å². The number of hydrogen-bond acceptors (Lipinski definition) is 3. The van der Waals surface area contributed by atoms with Crippen LogP contribution in [0.25, 0.3) is 6.08 Å². The van der Waals surface area contributed by atoms with Crippen LogP contribution in [-0.4, -0.2) is 17.9 Å². The first kappa shape index (κ1) is 19.2. The Morgan fingerprint density at radius 2 is 1.69 bits per heavy atom. The minimum atomic E-state index is -0.739. The summed E-state index contributed by atoms with van der Waals surface area (Å²) < 4.78 is 5.68. The fourth-order valence-electron chi connectivity index (χ4n) is 2.21. The largest absolute Gasteiger partial charge is 0.481 e. The van der Waals surface area contributed by atoms with Gasteiger partial charge < -0.3 is 4.74 Å². The Labute approximate surface area is 154 Å². The summed E-state index contributed by atoms with van der Waals surface area (Å²) in [6.07, 6.45) is 2.30. The third-order valence-electron chi connectivity index (χ3n) is 4.04. The van der Waals surface area contributed by atoms with Gasteiger partial charge in [-0.2, -0.15) is 0 Å². The minimum Gasteiger partial charge on any atom is -0.481 e. The molecule has 2 aromatic rings. The fourth-order valence-corrected chi connectivity index (χ4v) is 2.21. The summed E-state index contributed by atoms with van der Waals surface area (Å²) in [6, 6.07) is 13.4. The summed E-state index contributed by atoms with van der Waals surface area (Å²) in [5.74, 6) is -0.195. The number of ether oxygens (including phenoxy) is 1. The van der Waals surface area contributed by atoms with Crippen molar-refractivity contribution in [1.29, 1.82) is 0 Å². The van der Waals surface area contributed by atoms with E-state index < -0.39 is 17.9 Å². The quantitative estimate of drug-likeness (QED) is 0.641. The molecule has 5 heteroatoms. The van der Waals surface area contributed by atoms with Gasteiger partial charge in [0.05, 0.1) is 0 Å². The second-order valence-electron chi connectivity index (χ2n) is 6.18. The second kappa shape index (κ2) is 8.85. The molecule has 0 spiro atoms. The van der Waals surface area contributed by atoms with Gasteiger partial charge in [-0.25, -0.2) is 0 Å². The normalized spacial score (nSPS) is 11.8. The monoisotopic (exact) mass is 352 g/mol. The van der Waals surface area contributed by atoms with Crippen molar-refractivity contribution in [3.63, 3.8) is 0 Å². The van der Waals surface area contributed by atoms with Crippen molar-refractivity contribution in [2.45, 2.75) is 33.8 Å². The molecule has 0 radical (unpaired) electrons. The molecule has 0 fully saturated rings. The lowest BCUT2D eigenvalue weighted by molar-refractivity contribution is -0.131. The van der Waals surface area contributed by atoms with Crippen LogP contribution in [0.4, 0.5) is 0 Å². The van der Waals surface area contributed by atoms with Gasteiger partial charge in [0, 0.05) is 6.08 Å². The van der Waals surface area contributed by atoms with Crippen molar-refractivity contribution in [2.75, 3.05) is 0 Å². The SMILES string of the molecule is Cc1ccc(/C=C/C(=O)NNC(=O)C(C)Oc2cccc(C)c2C)cc1. The van der Waals surface area contributed by atoms with E-state index in [1.54, 1.807) is 13.0 Å². The molecule has 2 rings (SSSR count). The second-order valence-corrected chi connectivity index (χ2v) is 6.18. The van der Waals surface area contributed by atoms with Crippen LogP contribution in [0, 0.1) is 20.8 Å². The van der Waals surface area contributed by atoms with Crippen LogP contribution in [0.5, 0.6) is 5.75 Å². The smallest absolute Gasteiger partial charge is 0.279 e. The molecule has 1 atom stereocenters. The van der Waals surface area contributed by atoms with Crippen LogP contribution in [0.15, 0.2) is 48.5 Å². The van der Waals surface area contributed by atoms with Gasteiger partial charge in [0.25, 0.3) is 11.8 Å². The number of benzene rings is 2. The van der Waals surface area contributed by atoms with E-state index in [1.165, 1.54) is 6.08 Å². The number of nitrogens with one attached hydrogen (secondary N) is 2. The summed E-state index contributed by atoms with van der Waals surface area (Å²) in [5, 5.41) is 0. The highest BCUT2D eigenvalue weighted by molar-refractivity contribution is 5.93. The van der Waals surface area contributed by atoms with E-state index in [2.05, 4.69) is 10.9 Å². The van der Waals surface area contributed by atoms with Crippen LogP contribution in [0.2, 0.25) is 0 Å². The molecule has 0 aliphatic rings. The molecule has 0 saturated heterocycles. The number of rotatable bonds is 5. The van der Waals surface area contributed by atoms with Crippen molar-refractivity contribution in [1.82, 2.24) is 10.9 Å². The highest BCUT2D eigenvalue weighted by Crippen LogP contribution is 2.21. The van der Waals surface area contributed by atoms with E-state index in [-0.39, 0.29) is 0 Å². The van der Waals surface area contributed by atoms with E-state index in [4.69, 9.17) is 4.74 Å². The molecule has 0 aliphatic heterocycles. The molecule has 0 aliphatic carbocycles. The highest BCUT2D eigenvalue weighted by Gasteiger charge is 2.16. The first-order chi connectivity index (χ1) is 12.4. The molecular formula is C21H24N2O3. The summed E-state index contributed by atoms with van der Waals surface area (Å²) in [7, 11) is 0. The zero-order valence-electron chi connectivity index (χ0n) is 15.5. The first-order valence-corrected chi connectivity index (χ1v) is 8.44. The molecule has 0 heterocycles. The predicted octanol–water partition coefficient (Wildman–Crippen LogP) is 3.24. The number of hydrazine groups is 1. The lowest BCUT2D eigenvalue weighted by Crippen LogP contribution is -2.46. The number of amides is 2. The minimum absolute atomic E-state index is 0.419. The standard InChI is InChI=1S/C21H24N2O3/c1-14-8-10-18(11-9-14)12-13-20(24)22-23-21(25)17(4)26-19-7-5-6-15(2)16(19)3/h5-13,17H,1-4H3,(H,22,24)(H,23,25)/b13-12+. The zero-order chi connectivity index (χ0) is 19.1. The first-order valence-electron chi connectivity index (χ1n) is 8.44. The van der Waals surface area contributed by atoms with Gasteiger partial charge in [0.2, 0.25) is 0 Å². The molecule has 1 unspecified atom stereocenters. The Bertz CT molecular complexity index is 811. The maximum absolute atomic E-state index is 12.1. The zero-order valence-corrected chi connectivity index (χ0v) is 15.5. The van der Waals surface area contributed by atoms with Crippen molar-refractivity contribution in [3.8, 4) is 5.75 Å². The molecule has 0 bridgehead atoms. The Kier molecular flexibility index (Phi) is 6.55. The molecule has 2 aromatic carbocycles. The molecule has 26 heavy (non-hydrogen) atoms. The summed E-state index contributed by atoms with van der Waals surface area (Å²) in [5.41, 5.74) is 8.85. The average molecular weight is 352 g/mol. The summed E-state index contributed by atoms with van der Waals surface area (Å²) in [4.78, 5) is 23.9. The van der Waals surface area contributed by atoms with Crippen molar-refractivity contribution in [3.05, 3.63) is 70.8 Å². The van der Waals surface area contributed by atoms with Gasteiger partial charge in [-0.15, -0.1) is 0 Å². The van der Waals surface area contributed by atoms with E-state index in [9.17, 15) is 9.59 Å². The highest BCUT2D eigenvalue weighted by atomic mass is 16.5. The third kappa shape index (κ3) is 5.48. The van der Waals surface area contributed by atoms with Crippen LogP contribution in [0.3, 0.4) is 0 Å². The Morgan fingerprint density at radius 3 is 2.38 bits per heavy atom. The van der Waals surface area contributed by atoms with Gasteiger partial charge in [0.1, 0.15) is 5.75 Å². The molecule has 0 saturated carbocycles. The van der Waals surface area contributed by atoms with E-state index in [1.807, 2.05) is 63.2 Å². The predicted molar refractivity (Wildman–Crippen MR) is 103 cm³/mol. The van der Waals surface area contributed by atoms with E-state index in [0.29, 0.717) is 5.75 Å².